The third-order valence-corrected chi connectivity index (χ3v) is 10.0. The van der Waals surface area contributed by atoms with Gasteiger partial charge in [-0.2, -0.15) is 0 Å². The van der Waals surface area contributed by atoms with Crippen LogP contribution in [0.15, 0.2) is 65.6 Å². The number of methoxy groups -OCH3 is 2. The Labute approximate surface area is 267 Å². The van der Waals surface area contributed by atoms with E-state index in [0.717, 1.165) is 52.2 Å². The Bertz CT molecular complexity index is 1580. The number of benzene rings is 3. The molecule has 0 spiro atoms. The third kappa shape index (κ3) is 8.16. The maximum absolute atomic E-state index is 14.4. The van der Waals surface area contributed by atoms with Crippen molar-refractivity contribution in [2.75, 3.05) is 25.1 Å². The average molecular weight is 636 g/mol. The standard InChI is InChI=1S/C35H45N3O6S/c1-7-31(35(40)36-28-10-8-9-11-28)37(22-27-14-12-24(2)13-15-27)34(39)23-38(29-19-25(3)18-26(4)20-29)45(41,42)30-16-17-32(43-5)33(21-30)44-6/h12-21,28,31H,7-11,22-23H2,1-6H3,(H,36,40)/t31-/m0/s1. The van der Waals surface area contributed by atoms with Crippen molar-refractivity contribution in [2.24, 2.45) is 0 Å². The molecule has 3 aromatic rings. The van der Waals surface area contributed by atoms with Gasteiger partial charge in [-0.1, -0.05) is 55.7 Å². The summed E-state index contributed by atoms with van der Waals surface area (Å²) in [5.41, 5.74) is 3.98. The number of hydrogen-bond donors (Lipinski definition) is 1. The molecular formula is C35H45N3O6S. The molecule has 0 unspecified atom stereocenters. The summed E-state index contributed by atoms with van der Waals surface area (Å²) < 4.78 is 40.6. The van der Waals surface area contributed by atoms with Gasteiger partial charge in [0.1, 0.15) is 12.6 Å². The summed E-state index contributed by atoms with van der Waals surface area (Å²) >= 11 is 0. The molecule has 1 atom stereocenters. The smallest absolute Gasteiger partial charge is 0.264 e. The van der Waals surface area contributed by atoms with Gasteiger partial charge in [-0.15, -0.1) is 0 Å². The van der Waals surface area contributed by atoms with Crippen molar-refractivity contribution >= 4 is 27.5 Å². The predicted molar refractivity (Wildman–Crippen MR) is 176 cm³/mol. The topological polar surface area (TPSA) is 105 Å². The number of hydrogen-bond acceptors (Lipinski definition) is 6. The summed E-state index contributed by atoms with van der Waals surface area (Å²) in [6, 6.07) is 16.9. The molecule has 10 heteroatoms. The lowest BCUT2D eigenvalue weighted by Gasteiger charge is -2.34. The van der Waals surface area contributed by atoms with Crippen LogP contribution in [-0.4, -0.2) is 58.0 Å². The first kappa shape index (κ1) is 33.8. The van der Waals surface area contributed by atoms with Gasteiger partial charge in [-0.3, -0.25) is 13.9 Å². The summed E-state index contributed by atoms with van der Waals surface area (Å²) in [5.74, 6) is -0.0625. The van der Waals surface area contributed by atoms with Gasteiger partial charge in [0.25, 0.3) is 10.0 Å². The summed E-state index contributed by atoms with van der Waals surface area (Å²) in [4.78, 5) is 29.5. The van der Waals surface area contributed by atoms with Crippen LogP contribution < -0.4 is 19.1 Å². The molecule has 0 bridgehead atoms. The third-order valence-electron chi connectivity index (χ3n) is 8.28. The molecule has 0 saturated heterocycles. The number of ether oxygens (including phenoxy) is 2. The lowest BCUT2D eigenvalue weighted by Crippen LogP contribution is -2.53. The van der Waals surface area contributed by atoms with E-state index in [1.807, 2.05) is 58.0 Å². The monoisotopic (exact) mass is 635 g/mol. The van der Waals surface area contributed by atoms with E-state index in [1.54, 1.807) is 12.1 Å². The second-order valence-electron chi connectivity index (χ2n) is 11.8. The van der Waals surface area contributed by atoms with Crippen LogP contribution in [0.3, 0.4) is 0 Å². The van der Waals surface area contributed by atoms with Crippen molar-refractivity contribution in [1.29, 1.82) is 0 Å². The number of carbonyl (C=O) groups is 2. The Kier molecular flexibility index (Phi) is 11.1. The maximum atomic E-state index is 14.4. The molecule has 1 aliphatic carbocycles. The molecule has 1 aliphatic rings. The zero-order valence-corrected chi connectivity index (χ0v) is 27.9. The minimum Gasteiger partial charge on any atom is -0.493 e. The fraction of sp³-hybridized carbons (Fsp3) is 0.429. The van der Waals surface area contributed by atoms with E-state index in [0.29, 0.717) is 17.9 Å². The molecule has 2 amide bonds. The van der Waals surface area contributed by atoms with Gasteiger partial charge < -0.3 is 19.7 Å². The molecule has 1 saturated carbocycles. The summed E-state index contributed by atoms with van der Waals surface area (Å²) in [6.07, 6.45) is 4.33. The fourth-order valence-electron chi connectivity index (χ4n) is 5.90. The van der Waals surface area contributed by atoms with Crippen LogP contribution >= 0.6 is 0 Å². The summed E-state index contributed by atoms with van der Waals surface area (Å²) in [6.45, 7) is 7.27. The number of carbonyl (C=O) groups excluding carboxylic acids is 2. The quantitative estimate of drug-likeness (QED) is 0.259. The Balaban J connectivity index is 1.77. The van der Waals surface area contributed by atoms with Crippen LogP contribution in [0.4, 0.5) is 5.69 Å². The number of nitrogens with zero attached hydrogens (tertiary/aromatic N) is 2. The second kappa shape index (κ2) is 14.8. The van der Waals surface area contributed by atoms with Gasteiger partial charge in [0.15, 0.2) is 11.5 Å². The van der Waals surface area contributed by atoms with Crippen molar-refractivity contribution < 1.29 is 27.5 Å². The highest BCUT2D eigenvalue weighted by Gasteiger charge is 2.35. The van der Waals surface area contributed by atoms with Crippen molar-refractivity contribution in [3.05, 3.63) is 82.9 Å². The number of amides is 2. The summed E-state index contributed by atoms with van der Waals surface area (Å²) in [7, 11) is -1.37. The van der Waals surface area contributed by atoms with E-state index in [1.165, 1.54) is 37.3 Å². The highest BCUT2D eigenvalue weighted by atomic mass is 32.2. The fourth-order valence-corrected chi connectivity index (χ4v) is 7.32. The number of nitrogens with one attached hydrogen (secondary N) is 1. The Morgan fingerprint density at radius 2 is 1.49 bits per heavy atom. The number of anilines is 1. The molecule has 0 aromatic heterocycles. The van der Waals surface area contributed by atoms with Gasteiger partial charge in [0.2, 0.25) is 11.8 Å². The maximum Gasteiger partial charge on any atom is 0.264 e. The molecular weight excluding hydrogens is 590 g/mol. The lowest BCUT2D eigenvalue weighted by atomic mass is 10.1. The van der Waals surface area contributed by atoms with Crippen molar-refractivity contribution in [3.8, 4) is 11.5 Å². The van der Waals surface area contributed by atoms with Crippen LogP contribution in [0.1, 0.15) is 61.3 Å². The van der Waals surface area contributed by atoms with Crippen molar-refractivity contribution in [1.82, 2.24) is 10.2 Å². The lowest BCUT2D eigenvalue weighted by molar-refractivity contribution is -0.140. The van der Waals surface area contributed by atoms with E-state index >= 15 is 0 Å². The predicted octanol–water partition coefficient (Wildman–Crippen LogP) is 5.69. The molecule has 4 rings (SSSR count). The Morgan fingerprint density at radius 1 is 0.867 bits per heavy atom. The van der Waals surface area contributed by atoms with E-state index in [-0.39, 0.29) is 29.1 Å². The summed E-state index contributed by atoms with van der Waals surface area (Å²) in [5, 5.41) is 3.15. The molecule has 9 nitrogen and oxygen atoms in total. The molecule has 45 heavy (non-hydrogen) atoms. The SMILES string of the molecule is CC[C@@H](C(=O)NC1CCCC1)N(Cc1ccc(C)cc1)C(=O)CN(c1cc(C)cc(C)c1)S(=O)(=O)c1ccc(OC)c(OC)c1. The first-order chi connectivity index (χ1) is 21.5. The van der Waals surface area contributed by atoms with E-state index in [4.69, 9.17) is 9.47 Å². The highest BCUT2D eigenvalue weighted by molar-refractivity contribution is 7.92. The van der Waals surface area contributed by atoms with Gasteiger partial charge in [-0.25, -0.2) is 8.42 Å². The average Bonchev–Trinajstić information content (AvgIpc) is 3.52. The van der Waals surface area contributed by atoms with Gasteiger partial charge in [-0.05, 0) is 81.0 Å². The zero-order valence-electron chi connectivity index (χ0n) is 27.1. The van der Waals surface area contributed by atoms with Crippen molar-refractivity contribution in [3.63, 3.8) is 0 Å². The van der Waals surface area contributed by atoms with Crippen LogP contribution in [0.5, 0.6) is 11.5 Å². The molecule has 0 heterocycles. The minimum atomic E-state index is -4.27. The van der Waals surface area contributed by atoms with Crippen LogP contribution in [0, 0.1) is 20.8 Å². The molecule has 1 fully saturated rings. The normalized spacial score (nSPS) is 14.1. The highest BCUT2D eigenvalue weighted by Crippen LogP contribution is 2.33. The van der Waals surface area contributed by atoms with Crippen molar-refractivity contribution in [2.45, 2.75) is 83.3 Å². The Hall–Kier alpha value is -4.05. The molecule has 1 N–H and O–H groups in total. The van der Waals surface area contributed by atoms with Crippen LogP contribution in [-0.2, 0) is 26.2 Å². The molecule has 0 radical (unpaired) electrons. The number of rotatable bonds is 13. The first-order valence-electron chi connectivity index (χ1n) is 15.4. The minimum absolute atomic E-state index is 0.0526. The Morgan fingerprint density at radius 3 is 2.07 bits per heavy atom. The van der Waals surface area contributed by atoms with E-state index in [2.05, 4.69) is 5.32 Å². The van der Waals surface area contributed by atoms with E-state index in [9.17, 15) is 18.0 Å². The van der Waals surface area contributed by atoms with E-state index < -0.39 is 28.5 Å². The number of sulfonamides is 1. The number of aryl methyl sites for hydroxylation is 3. The van der Waals surface area contributed by atoms with Crippen LogP contribution in [0.2, 0.25) is 0 Å². The van der Waals surface area contributed by atoms with Gasteiger partial charge in [0, 0.05) is 18.7 Å². The van der Waals surface area contributed by atoms with Gasteiger partial charge in [0.05, 0.1) is 24.8 Å². The molecule has 242 valence electrons. The first-order valence-corrected chi connectivity index (χ1v) is 16.9. The molecule has 3 aromatic carbocycles. The van der Waals surface area contributed by atoms with Crippen LogP contribution in [0.25, 0.3) is 0 Å². The molecule has 0 aliphatic heterocycles. The zero-order chi connectivity index (χ0) is 32.7. The van der Waals surface area contributed by atoms with Gasteiger partial charge >= 0.3 is 0 Å². The largest absolute Gasteiger partial charge is 0.493 e. The second-order valence-corrected chi connectivity index (χ2v) is 13.7.